The number of carbonyl (C=O) groups is 3. The van der Waals surface area contributed by atoms with E-state index < -0.39 is 35.3 Å². The fourth-order valence-electron chi connectivity index (χ4n) is 4.13. The fraction of sp³-hybridized carbons (Fsp3) is 0.400. The number of fused-ring (bicyclic) bond motifs is 1. The fourth-order valence-corrected chi connectivity index (χ4v) is 4.13. The average Bonchev–Trinajstić information content (AvgIpc) is 2.86. The quantitative estimate of drug-likeness (QED) is 0.699. The van der Waals surface area contributed by atoms with Crippen LogP contribution < -0.4 is 14.8 Å². The van der Waals surface area contributed by atoms with Crippen LogP contribution in [0.1, 0.15) is 24.2 Å². The minimum absolute atomic E-state index is 0.100. The number of benzene rings is 2. The van der Waals surface area contributed by atoms with Crippen LogP contribution in [-0.4, -0.2) is 72.5 Å². The molecule has 2 heterocycles. The Balaban J connectivity index is 1.35. The molecule has 2 aromatic carbocycles. The first-order valence-corrected chi connectivity index (χ1v) is 11.5. The van der Waals surface area contributed by atoms with Gasteiger partial charge in [0.05, 0.1) is 0 Å². The highest BCUT2D eigenvalue weighted by atomic mass is 19.1. The number of ether oxygens (including phenoxy) is 2. The van der Waals surface area contributed by atoms with E-state index in [2.05, 4.69) is 5.32 Å². The molecule has 2 aliphatic rings. The van der Waals surface area contributed by atoms with Gasteiger partial charge in [-0.15, -0.1) is 0 Å². The molecule has 1 fully saturated rings. The predicted molar refractivity (Wildman–Crippen MR) is 122 cm³/mol. The molecular weight excluding hydrogens is 460 g/mol. The van der Waals surface area contributed by atoms with Crippen LogP contribution in [0, 0.1) is 17.6 Å². The van der Waals surface area contributed by atoms with Crippen molar-refractivity contribution in [3.05, 3.63) is 59.7 Å². The summed E-state index contributed by atoms with van der Waals surface area (Å²) in [6.45, 7) is 4.64. The number of carbonyl (C=O) groups excluding carboxylic acids is 3. The number of hydrogen-bond donors (Lipinski definition) is 1. The standard InChI is InChI=1S/C25H27F2N3O5/c1-15(2)22(28-23(31)21-16(26)6-5-7-17(21)27)25(33)30-12-10-29(11-13-30)24(32)20-14-34-18-8-3-4-9-19(18)35-20/h3-9,15,20,22H,10-14H2,1-2H3,(H,28,31)/t20-,22-/m1/s1. The summed E-state index contributed by atoms with van der Waals surface area (Å²) in [5, 5.41) is 2.48. The molecule has 0 saturated carbocycles. The maximum Gasteiger partial charge on any atom is 0.267 e. The Bertz CT molecular complexity index is 1100. The molecule has 4 rings (SSSR count). The first-order valence-electron chi connectivity index (χ1n) is 11.5. The molecule has 0 aromatic heterocycles. The first-order chi connectivity index (χ1) is 16.8. The third kappa shape index (κ3) is 5.21. The van der Waals surface area contributed by atoms with Gasteiger partial charge < -0.3 is 24.6 Å². The first kappa shape index (κ1) is 24.4. The lowest BCUT2D eigenvalue weighted by Crippen LogP contribution is -2.59. The summed E-state index contributed by atoms with van der Waals surface area (Å²) < 4.78 is 39.4. The minimum atomic E-state index is -0.999. The minimum Gasteiger partial charge on any atom is -0.485 e. The van der Waals surface area contributed by atoms with Crippen molar-refractivity contribution < 1.29 is 32.6 Å². The lowest BCUT2D eigenvalue weighted by atomic mass is 10.0. The van der Waals surface area contributed by atoms with Gasteiger partial charge in [0.15, 0.2) is 11.5 Å². The Morgan fingerprint density at radius 1 is 0.914 bits per heavy atom. The second kappa shape index (κ2) is 10.3. The van der Waals surface area contributed by atoms with Gasteiger partial charge in [0.1, 0.15) is 29.8 Å². The summed E-state index contributed by atoms with van der Waals surface area (Å²) in [5.74, 6) is -2.82. The molecule has 0 aliphatic carbocycles. The molecule has 8 nitrogen and oxygen atoms in total. The van der Waals surface area contributed by atoms with Crippen LogP contribution in [0.25, 0.3) is 0 Å². The van der Waals surface area contributed by atoms with E-state index in [9.17, 15) is 23.2 Å². The second-order valence-corrected chi connectivity index (χ2v) is 8.81. The van der Waals surface area contributed by atoms with Crippen molar-refractivity contribution in [2.45, 2.75) is 26.0 Å². The van der Waals surface area contributed by atoms with Crippen LogP contribution in [0.2, 0.25) is 0 Å². The number of para-hydroxylation sites is 2. The van der Waals surface area contributed by atoms with Gasteiger partial charge in [-0.05, 0) is 30.2 Å². The number of rotatable bonds is 5. The number of halogens is 2. The van der Waals surface area contributed by atoms with Crippen molar-refractivity contribution in [1.29, 1.82) is 0 Å². The van der Waals surface area contributed by atoms with E-state index in [1.54, 1.807) is 41.8 Å². The molecule has 2 aromatic rings. The average molecular weight is 488 g/mol. The summed E-state index contributed by atoms with van der Waals surface area (Å²) in [7, 11) is 0. The third-order valence-electron chi connectivity index (χ3n) is 6.10. The SMILES string of the molecule is CC(C)[C@@H](NC(=O)c1c(F)cccc1F)C(=O)N1CCN(C(=O)[C@H]2COc3ccccc3O2)CC1. The molecule has 0 radical (unpaired) electrons. The molecule has 0 spiro atoms. The lowest BCUT2D eigenvalue weighted by Gasteiger charge is -2.38. The number of hydrogen-bond acceptors (Lipinski definition) is 5. The van der Waals surface area contributed by atoms with E-state index in [0.29, 0.717) is 11.5 Å². The van der Waals surface area contributed by atoms with Crippen molar-refractivity contribution in [2.24, 2.45) is 5.92 Å². The molecule has 3 amide bonds. The van der Waals surface area contributed by atoms with Crippen LogP contribution in [-0.2, 0) is 9.59 Å². The molecular formula is C25H27F2N3O5. The van der Waals surface area contributed by atoms with E-state index in [-0.39, 0.29) is 50.5 Å². The smallest absolute Gasteiger partial charge is 0.267 e. The maximum atomic E-state index is 14.0. The highest BCUT2D eigenvalue weighted by Crippen LogP contribution is 2.31. The molecule has 2 atom stereocenters. The molecule has 1 N–H and O–H groups in total. The summed E-state index contributed by atoms with van der Waals surface area (Å²) in [6.07, 6.45) is -0.773. The van der Waals surface area contributed by atoms with Crippen molar-refractivity contribution in [1.82, 2.24) is 15.1 Å². The summed E-state index contributed by atoms with van der Waals surface area (Å²) in [5.41, 5.74) is -0.724. The molecule has 186 valence electrons. The van der Waals surface area contributed by atoms with E-state index in [1.807, 2.05) is 6.07 Å². The van der Waals surface area contributed by atoms with Gasteiger partial charge in [0.25, 0.3) is 11.8 Å². The van der Waals surface area contributed by atoms with Gasteiger partial charge >= 0.3 is 0 Å². The maximum absolute atomic E-state index is 14.0. The third-order valence-corrected chi connectivity index (χ3v) is 6.10. The molecule has 2 aliphatic heterocycles. The highest BCUT2D eigenvalue weighted by Gasteiger charge is 2.36. The van der Waals surface area contributed by atoms with Crippen LogP contribution in [0.4, 0.5) is 8.78 Å². The summed E-state index contributed by atoms with van der Waals surface area (Å²) >= 11 is 0. The van der Waals surface area contributed by atoms with Gasteiger partial charge in [-0.25, -0.2) is 8.78 Å². The van der Waals surface area contributed by atoms with Gasteiger partial charge in [-0.1, -0.05) is 32.0 Å². The zero-order chi connectivity index (χ0) is 25.1. The van der Waals surface area contributed by atoms with Gasteiger partial charge in [-0.2, -0.15) is 0 Å². The van der Waals surface area contributed by atoms with E-state index in [0.717, 1.165) is 18.2 Å². The largest absolute Gasteiger partial charge is 0.485 e. The molecule has 1 saturated heterocycles. The van der Waals surface area contributed by atoms with Crippen molar-refractivity contribution >= 4 is 17.7 Å². The van der Waals surface area contributed by atoms with Crippen LogP contribution in [0.3, 0.4) is 0 Å². The van der Waals surface area contributed by atoms with Crippen molar-refractivity contribution in [2.75, 3.05) is 32.8 Å². The molecule has 0 unspecified atom stereocenters. The Morgan fingerprint density at radius 3 is 2.14 bits per heavy atom. The van der Waals surface area contributed by atoms with Crippen molar-refractivity contribution in [3.63, 3.8) is 0 Å². The Kier molecular flexibility index (Phi) is 7.18. The summed E-state index contributed by atoms with van der Waals surface area (Å²) in [4.78, 5) is 41.8. The number of piperazine rings is 1. The predicted octanol–water partition coefficient (Wildman–Crippen LogP) is 2.23. The van der Waals surface area contributed by atoms with Gasteiger partial charge in [0.2, 0.25) is 12.0 Å². The monoisotopic (exact) mass is 487 g/mol. The van der Waals surface area contributed by atoms with E-state index in [4.69, 9.17) is 9.47 Å². The Morgan fingerprint density at radius 2 is 1.51 bits per heavy atom. The highest BCUT2D eigenvalue weighted by molar-refractivity contribution is 5.98. The molecule has 10 heteroatoms. The van der Waals surface area contributed by atoms with Gasteiger partial charge in [0, 0.05) is 26.2 Å². The lowest BCUT2D eigenvalue weighted by molar-refractivity contribution is -0.147. The molecule has 35 heavy (non-hydrogen) atoms. The Labute approximate surface area is 201 Å². The van der Waals surface area contributed by atoms with E-state index >= 15 is 0 Å². The normalized spacial score (nSPS) is 18.3. The van der Waals surface area contributed by atoms with Gasteiger partial charge in [-0.3, -0.25) is 14.4 Å². The number of nitrogens with zero attached hydrogens (tertiary/aromatic N) is 2. The zero-order valence-electron chi connectivity index (χ0n) is 19.5. The molecule has 0 bridgehead atoms. The summed E-state index contributed by atoms with van der Waals surface area (Å²) in [6, 6.07) is 9.28. The van der Waals surface area contributed by atoms with Crippen LogP contribution >= 0.6 is 0 Å². The van der Waals surface area contributed by atoms with Crippen molar-refractivity contribution in [3.8, 4) is 11.5 Å². The van der Waals surface area contributed by atoms with Crippen LogP contribution in [0.5, 0.6) is 11.5 Å². The topological polar surface area (TPSA) is 88.2 Å². The second-order valence-electron chi connectivity index (χ2n) is 8.81. The van der Waals surface area contributed by atoms with Crippen LogP contribution in [0.15, 0.2) is 42.5 Å². The zero-order valence-corrected chi connectivity index (χ0v) is 19.5. The number of nitrogens with one attached hydrogen (secondary N) is 1. The Hall–Kier alpha value is -3.69. The number of amides is 3. The van der Waals surface area contributed by atoms with E-state index in [1.165, 1.54) is 0 Å².